The molecule has 0 aliphatic carbocycles. The fourth-order valence-electron chi connectivity index (χ4n) is 5.46. The van der Waals surface area contributed by atoms with Gasteiger partial charge in [-0.2, -0.15) is 0 Å². The summed E-state index contributed by atoms with van der Waals surface area (Å²) in [7, 11) is 1.67. The monoisotopic (exact) mass is 427 g/mol. The normalized spacial score (nSPS) is 25.3. The lowest BCUT2D eigenvalue weighted by molar-refractivity contribution is 0.00170. The number of ether oxygens (including phenoxy) is 1. The van der Waals surface area contributed by atoms with Gasteiger partial charge in [0.05, 0.1) is 18.7 Å². The zero-order valence-electron chi connectivity index (χ0n) is 18.4. The van der Waals surface area contributed by atoms with E-state index < -0.39 is 0 Å². The Morgan fingerprint density at radius 3 is 2.81 bits per heavy atom. The topological polar surface area (TPSA) is 54.5 Å². The molecule has 2 aromatic carbocycles. The van der Waals surface area contributed by atoms with Crippen LogP contribution in [0.2, 0.25) is 0 Å². The first-order valence-corrected chi connectivity index (χ1v) is 11.3. The molecule has 3 aliphatic rings. The number of hydrogen-bond acceptors (Lipinski definition) is 4. The van der Waals surface area contributed by atoms with E-state index in [9.17, 15) is 4.79 Å². The van der Waals surface area contributed by atoms with E-state index in [2.05, 4.69) is 27.9 Å². The van der Waals surface area contributed by atoms with E-state index in [0.29, 0.717) is 17.4 Å². The molecule has 0 radical (unpaired) electrons. The molecule has 3 aromatic rings. The highest BCUT2D eigenvalue weighted by Crippen LogP contribution is 2.42. The minimum Gasteiger partial charge on any atom is -0.497 e. The number of nitrogens with zero attached hydrogens (tertiary/aromatic N) is 2. The van der Waals surface area contributed by atoms with Gasteiger partial charge in [-0.3, -0.25) is 14.7 Å². The first-order chi connectivity index (χ1) is 15.7. The predicted molar refractivity (Wildman–Crippen MR) is 127 cm³/mol. The maximum atomic E-state index is 13.3. The van der Waals surface area contributed by atoms with Crippen molar-refractivity contribution in [3.63, 3.8) is 0 Å². The standard InChI is InChI=1S/C27H29N3O2/c1-3-18-17-30-14-12-20(18)15-25(30)26(29-27(31)19-7-5-4-6-8-19)22-11-13-28-24-10-9-21(32-2)16-23(22)24/h3-11,13,16,18,20,25-26H,1,12,14-15,17H2,2H3,(H,29,31)/t18?,20?,25?,26-/m0/s1. The quantitative estimate of drug-likeness (QED) is 0.584. The molecule has 5 atom stereocenters. The van der Waals surface area contributed by atoms with Gasteiger partial charge in [-0.25, -0.2) is 0 Å². The number of rotatable bonds is 6. The van der Waals surface area contributed by atoms with Gasteiger partial charge in [0.25, 0.3) is 5.91 Å². The van der Waals surface area contributed by atoms with E-state index in [-0.39, 0.29) is 18.0 Å². The Morgan fingerprint density at radius 2 is 2.09 bits per heavy atom. The Labute approximate surface area is 189 Å². The third-order valence-corrected chi connectivity index (χ3v) is 7.18. The number of carbonyl (C=O) groups excluding carboxylic acids is 1. The second kappa shape index (κ2) is 8.75. The number of piperidine rings is 3. The van der Waals surface area contributed by atoms with Crippen molar-refractivity contribution >= 4 is 16.8 Å². The second-order valence-electron chi connectivity index (χ2n) is 8.85. The maximum absolute atomic E-state index is 13.3. The van der Waals surface area contributed by atoms with Crippen LogP contribution >= 0.6 is 0 Å². The van der Waals surface area contributed by atoms with Crippen molar-refractivity contribution < 1.29 is 9.53 Å². The van der Waals surface area contributed by atoms with Crippen molar-refractivity contribution in [3.8, 4) is 5.75 Å². The summed E-state index contributed by atoms with van der Waals surface area (Å²) in [4.78, 5) is 20.4. The number of benzene rings is 2. The summed E-state index contributed by atoms with van der Waals surface area (Å²) < 4.78 is 5.49. The summed E-state index contributed by atoms with van der Waals surface area (Å²) in [5.74, 6) is 1.88. The Balaban J connectivity index is 1.57. The van der Waals surface area contributed by atoms with Gasteiger partial charge >= 0.3 is 0 Å². The number of amides is 1. The van der Waals surface area contributed by atoms with Crippen molar-refractivity contribution in [2.45, 2.75) is 24.9 Å². The van der Waals surface area contributed by atoms with Crippen LogP contribution in [0.1, 0.15) is 34.8 Å². The molecule has 32 heavy (non-hydrogen) atoms. The van der Waals surface area contributed by atoms with E-state index in [1.54, 1.807) is 7.11 Å². The summed E-state index contributed by atoms with van der Waals surface area (Å²) >= 11 is 0. The first kappa shape index (κ1) is 20.7. The smallest absolute Gasteiger partial charge is 0.251 e. The van der Waals surface area contributed by atoms with Crippen molar-refractivity contribution in [2.24, 2.45) is 11.8 Å². The van der Waals surface area contributed by atoms with Gasteiger partial charge in [-0.15, -0.1) is 6.58 Å². The highest BCUT2D eigenvalue weighted by Gasteiger charge is 2.43. The van der Waals surface area contributed by atoms with Gasteiger partial charge in [0.1, 0.15) is 5.75 Å². The van der Waals surface area contributed by atoms with Crippen LogP contribution in [0.3, 0.4) is 0 Å². The van der Waals surface area contributed by atoms with Crippen molar-refractivity contribution in [1.82, 2.24) is 15.2 Å². The van der Waals surface area contributed by atoms with Crippen LogP contribution in [0.4, 0.5) is 0 Å². The highest BCUT2D eigenvalue weighted by molar-refractivity contribution is 5.95. The minimum absolute atomic E-state index is 0.0497. The lowest BCUT2D eigenvalue weighted by Crippen LogP contribution is -2.57. The van der Waals surface area contributed by atoms with E-state index >= 15 is 0 Å². The predicted octanol–water partition coefficient (Wildman–Crippen LogP) is 4.61. The molecule has 1 N–H and O–H groups in total. The lowest BCUT2D eigenvalue weighted by Gasteiger charge is -2.51. The third-order valence-electron chi connectivity index (χ3n) is 7.18. The minimum atomic E-state index is -0.145. The number of carbonyl (C=O) groups is 1. The van der Waals surface area contributed by atoms with Gasteiger partial charge in [-0.1, -0.05) is 24.3 Å². The largest absolute Gasteiger partial charge is 0.497 e. The van der Waals surface area contributed by atoms with Crippen molar-refractivity contribution in [1.29, 1.82) is 0 Å². The molecule has 3 aliphatic heterocycles. The van der Waals surface area contributed by atoms with Crippen molar-refractivity contribution in [2.75, 3.05) is 20.2 Å². The summed E-state index contributed by atoms with van der Waals surface area (Å²) in [6.45, 7) is 6.12. The molecule has 3 fully saturated rings. The molecular weight excluding hydrogens is 398 g/mol. The molecule has 6 rings (SSSR count). The SMILES string of the molecule is C=CC1CN2CCC1CC2[C@@H](NC(=O)c1ccccc1)c1ccnc2ccc(OC)cc12. The average Bonchev–Trinajstić information content (AvgIpc) is 2.87. The van der Waals surface area contributed by atoms with Crippen LogP contribution in [0.15, 0.2) is 73.4 Å². The molecule has 3 saturated heterocycles. The zero-order valence-corrected chi connectivity index (χ0v) is 18.4. The Morgan fingerprint density at radius 1 is 1.25 bits per heavy atom. The second-order valence-corrected chi connectivity index (χ2v) is 8.85. The fourth-order valence-corrected chi connectivity index (χ4v) is 5.46. The van der Waals surface area contributed by atoms with Gasteiger partial charge in [0.2, 0.25) is 0 Å². The molecule has 5 nitrogen and oxygen atoms in total. The van der Waals surface area contributed by atoms with Crippen molar-refractivity contribution in [3.05, 3.63) is 84.6 Å². The molecule has 0 spiro atoms. The Hall–Kier alpha value is -3.18. The molecule has 4 unspecified atom stereocenters. The van der Waals surface area contributed by atoms with Gasteiger partial charge in [0, 0.05) is 29.7 Å². The molecule has 2 bridgehead atoms. The number of nitrogens with one attached hydrogen (secondary N) is 1. The van der Waals surface area contributed by atoms with Crippen LogP contribution in [-0.4, -0.2) is 42.0 Å². The van der Waals surface area contributed by atoms with Crippen LogP contribution in [0.25, 0.3) is 10.9 Å². The van der Waals surface area contributed by atoms with Gasteiger partial charge < -0.3 is 10.1 Å². The Bertz CT molecular complexity index is 1130. The molecule has 1 aromatic heterocycles. The zero-order chi connectivity index (χ0) is 22.1. The van der Waals surface area contributed by atoms with Crippen LogP contribution in [0, 0.1) is 11.8 Å². The van der Waals surface area contributed by atoms with E-state index in [1.165, 1.54) is 6.42 Å². The van der Waals surface area contributed by atoms with E-state index in [1.807, 2.05) is 60.8 Å². The summed E-state index contributed by atoms with van der Waals surface area (Å²) in [6, 6.07) is 17.5. The number of fused-ring (bicyclic) bond motifs is 4. The van der Waals surface area contributed by atoms with Crippen LogP contribution in [0.5, 0.6) is 5.75 Å². The van der Waals surface area contributed by atoms with Gasteiger partial charge in [0.15, 0.2) is 0 Å². The number of aromatic nitrogens is 1. The molecule has 4 heterocycles. The molecule has 5 heteroatoms. The van der Waals surface area contributed by atoms with E-state index in [4.69, 9.17) is 4.74 Å². The Kier molecular flexibility index (Phi) is 5.66. The van der Waals surface area contributed by atoms with Gasteiger partial charge in [-0.05, 0) is 73.2 Å². The third kappa shape index (κ3) is 3.78. The molecule has 1 amide bonds. The number of hydrogen-bond donors (Lipinski definition) is 1. The average molecular weight is 428 g/mol. The highest BCUT2D eigenvalue weighted by atomic mass is 16.5. The summed E-state index contributed by atoms with van der Waals surface area (Å²) in [6.07, 6.45) is 6.19. The summed E-state index contributed by atoms with van der Waals surface area (Å²) in [5, 5.41) is 4.41. The fraction of sp³-hybridized carbons (Fsp3) is 0.333. The maximum Gasteiger partial charge on any atom is 0.251 e. The van der Waals surface area contributed by atoms with Crippen LogP contribution < -0.4 is 10.1 Å². The van der Waals surface area contributed by atoms with E-state index in [0.717, 1.165) is 41.7 Å². The number of methoxy groups -OCH3 is 1. The summed E-state index contributed by atoms with van der Waals surface area (Å²) in [5.41, 5.74) is 2.67. The number of pyridine rings is 1. The molecular formula is C27H29N3O2. The molecule has 0 saturated carbocycles. The lowest BCUT2D eigenvalue weighted by atomic mass is 9.73. The first-order valence-electron chi connectivity index (χ1n) is 11.3. The van der Waals surface area contributed by atoms with Crippen LogP contribution in [-0.2, 0) is 0 Å². The molecule has 164 valence electrons.